The van der Waals surface area contributed by atoms with E-state index in [9.17, 15) is 9.36 Å². The average molecular weight is 409 g/mol. The van der Waals surface area contributed by atoms with E-state index in [0.717, 1.165) is 0 Å². The van der Waals surface area contributed by atoms with Gasteiger partial charge in [0.25, 0.3) is 0 Å². The topological polar surface area (TPSA) is 34.1 Å². The van der Waals surface area contributed by atoms with Gasteiger partial charge in [0, 0.05) is 5.56 Å². The molecule has 124 valence electrons. The van der Waals surface area contributed by atoms with E-state index < -0.39 is 7.80 Å². The smallest absolute Gasteiger partial charge is 0.288 e. The maximum Gasteiger partial charge on any atom is 0.416 e. The second-order valence-corrected chi connectivity index (χ2v) is 7.95. The molecule has 0 aromatic heterocycles. The number of ketones is 1. The first-order valence-electron chi connectivity index (χ1n) is 7.30. The molecule has 0 aliphatic carbocycles. The van der Waals surface area contributed by atoms with Crippen LogP contribution in [0.2, 0.25) is 15.1 Å². The Morgan fingerprint density at radius 2 is 1.36 bits per heavy atom. The normalized spacial score (nSPS) is 11.2. The maximum atomic E-state index is 13.0. The van der Waals surface area contributed by atoms with Crippen LogP contribution in [0.5, 0.6) is 0 Å². The van der Waals surface area contributed by atoms with Crippen LogP contribution in [0.25, 0.3) is 0 Å². The fourth-order valence-electron chi connectivity index (χ4n) is 2.39. The number of hydrogen-bond donors (Lipinski definition) is 0. The molecule has 6 heteroatoms. The van der Waals surface area contributed by atoms with Crippen molar-refractivity contribution < 1.29 is 9.36 Å². The second kappa shape index (κ2) is 7.68. The third-order valence-electron chi connectivity index (χ3n) is 3.64. The number of rotatable bonds is 4. The van der Waals surface area contributed by atoms with Gasteiger partial charge in [0.05, 0.1) is 20.6 Å². The quantitative estimate of drug-likeness (QED) is 0.317. The van der Waals surface area contributed by atoms with Crippen LogP contribution in [0.15, 0.2) is 66.7 Å². The third-order valence-corrected chi connectivity index (χ3v) is 6.53. The van der Waals surface area contributed by atoms with E-state index in [2.05, 4.69) is 0 Å². The molecular formula is C19H11Cl3O2P+. The molecule has 0 fully saturated rings. The van der Waals surface area contributed by atoms with Crippen molar-refractivity contribution >= 4 is 59.0 Å². The SMILES string of the molecule is O=C(c1ccccc1[P+](=O)c1ccccc1)c1ccc(Cl)c(Cl)c1Cl. The van der Waals surface area contributed by atoms with Gasteiger partial charge in [0.2, 0.25) is 5.30 Å². The Kier molecular flexibility index (Phi) is 5.56. The van der Waals surface area contributed by atoms with Gasteiger partial charge in [-0.3, -0.25) is 4.79 Å². The van der Waals surface area contributed by atoms with Crippen molar-refractivity contribution in [3.63, 3.8) is 0 Å². The van der Waals surface area contributed by atoms with Crippen LogP contribution in [0.1, 0.15) is 15.9 Å². The molecule has 3 aromatic rings. The number of halogens is 3. The van der Waals surface area contributed by atoms with Crippen LogP contribution in [0.3, 0.4) is 0 Å². The lowest BCUT2D eigenvalue weighted by Gasteiger charge is -2.07. The first-order chi connectivity index (χ1) is 12.0. The Hall–Kier alpha value is -1.70. The molecule has 0 saturated carbocycles. The molecule has 0 heterocycles. The van der Waals surface area contributed by atoms with E-state index in [1.807, 2.05) is 18.2 Å². The molecule has 0 N–H and O–H groups in total. The number of carbonyl (C=O) groups excluding carboxylic acids is 1. The molecule has 0 spiro atoms. The highest BCUT2D eigenvalue weighted by Gasteiger charge is 2.30. The van der Waals surface area contributed by atoms with E-state index >= 15 is 0 Å². The highest BCUT2D eigenvalue weighted by atomic mass is 35.5. The van der Waals surface area contributed by atoms with E-state index in [0.29, 0.717) is 16.2 Å². The van der Waals surface area contributed by atoms with Gasteiger partial charge in [-0.1, -0.05) is 69.7 Å². The lowest BCUT2D eigenvalue weighted by atomic mass is 10.0. The minimum absolute atomic E-state index is 0.0870. The fourth-order valence-corrected chi connectivity index (χ4v) is 4.35. The Balaban J connectivity index is 2.09. The van der Waals surface area contributed by atoms with Crippen molar-refractivity contribution in [1.82, 2.24) is 0 Å². The van der Waals surface area contributed by atoms with Gasteiger partial charge in [-0.25, -0.2) is 0 Å². The average Bonchev–Trinajstić information content (AvgIpc) is 2.66. The van der Waals surface area contributed by atoms with E-state index in [-0.39, 0.29) is 26.4 Å². The minimum Gasteiger partial charge on any atom is -0.288 e. The zero-order valence-electron chi connectivity index (χ0n) is 12.7. The van der Waals surface area contributed by atoms with Gasteiger partial charge in [0.15, 0.2) is 11.1 Å². The summed E-state index contributed by atoms with van der Waals surface area (Å²) in [5.74, 6) is -0.349. The summed E-state index contributed by atoms with van der Waals surface area (Å²) in [5, 5.41) is 1.59. The Morgan fingerprint density at radius 1 is 0.720 bits per heavy atom. The summed E-state index contributed by atoms with van der Waals surface area (Å²) in [5.41, 5.74) is 0.549. The van der Waals surface area contributed by atoms with Crippen molar-refractivity contribution in [2.75, 3.05) is 0 Å². The minimum atomic E-state index is -1.91. The monoisotopic (exact) mass is 407 g/mol. The van der Waals surface area contributed by atoms with Crippen molar-refractivity contribution in [2.24, 2.45) is 0 Å². The van der Waals surface area contributed by atoms with Gasteiger partial charge in [-0.2, -0.15) is 0 Å². The molecule has 1 atom stereocenters. The summed E-state index contributed by atoms with van der Waals surface area (Å²) in [6, 6.07) is 18.8. The molecule has 3 rings (SSSR count). The lowest BCUT2D eigenvalue weighted by Crippen LogP contribution is -2.17. The zero-order chi connectivity index (χ0) is 18.0. The summed E-state index contributed by atoms with van der Waals surface area (Å²) in [6.07, 6.45) is 0. The molecule has 0 amide bonds. The van der Waals surface area contributed by atoms with Gasteiger partial charge in [-0.05, 0) is 36.4 Å². The van der Waals surface area contributed by atoms with Crippen molar-refractivity contribution in [3.8, 4) is 0 Å². The highest BCUT2D eigenvalue weighted by Crippen LogP contribution is 2.34. The molecule has 0 aliphatic heterocycles. The Labute approximate surface area is 161 Å². The molecular weight excluding hydrogens is 398 g/mol. The molecule has 0 aliphatic rings. The van der Waals surface area contributed by atoms with E-state index in [4.69, 9.17) is 34.8 Å². The summed E-state index contributed by atoms with van der Waals surface area (Å²) in [6.45, 7) is 0. The van der Waals surface area contributed by atoms with Crippen molar-refractivity contribution in [3.05, 3.63) is 92.9 Å². The third kappa shape index (κ3) is 3.63. The first kappa shape index (κ1) is 18.1. The van der Waals surface area contributed by atoms with Crippen LogP contribution in [0, 0.1) is 0 Å². The number of carbonyl (C=O) groups is 1. The molecule has 2 nitrogen and oxygen atoms in total. The predicted molar refractivity (Wildman–Crippen MR) is 105 cm³/mol. The van der Waals surface area contributed by atoms with E-state index in [1.54, 1.807) is 36.4 Å². The zero-order valence-corrected chi connectivity index (χ0v) is 15.9. The van der Waals surface area contributed by atoms with Gasteiger partial charge < -0.3 is 0 Å². The van der Waals surface area contributed by atoms with Crippen LogP contribution >= 0.6 is 42.6 Å². The van der Waals surface area contributed by atoms with Crippen LogP contribution in [-0.4, -0.2) is 5.78 Å². The summed E-state index contributed by atoms with van der Waals surface area (Å²) >= 11 is 18.1. The van der Waals surface area contributed by atoms with Gasteiger partial charge in [-0.15, -0.1) is 0 Å². The largest absolute Gasteiger partial charge is 0.416 e. The van der Waals surface area contributed by atoms with Crippen LogP contribution in [-0.2, 0) is 4.57 Å². The second-order valence-electron chi connectivity index (χ2n) is 5.20. The Bertz CT molecular complexity index is 972. The van der Waals surface area contributed by atoms with Gasteiger partial charge >= 0.3 is 7.80 Å². The van der Waals surface area contributed by atoms with E-state index in [1.165, 1.54) is 12.1 Å². The predicted octanol–water partition coefficient (Wildman–Crippen LogP) is 5.66. The molecule has 1 unspecified atom stereocenters. The molecule has 25 heavy (non-hydrogen) atoms. The summed E-state index contributed by atoms with van der Waals surface area (Å²) in [4.78, 5) is 13.0. The van der Waals surface area contributed by atoms with Crippen molar-refractivity contribution in [1.29, 1.82) is 0 Å². The first-order valence-corrected chi connectivity index (χ1v) is 9.69. The maximum absolute atomic E-state index is 13.0. The van der Waals surface area contributed by atoms with Crippen LogP contribution < -0.4 is 10.6 Å². The fraction of sp³-hybridized carbons (Fsp3) is 0. The highest BCUT2D eigenvalue weighted by molar-refractivity contribution is 7.61. The molecule has 0 bridgehead atoms. The van der Waals surface area contributed by atoms with Crippen LogP contribution in [0.4, 0.5) is 0 Å². The summed E-state index contributed by atoms with van der Waals surface area (Å²) < 4.78 is 12.9. The number of hydrogen-bond acceptors (Lipinski definition) is 2. The Morgan fingerprint density at radius 3 is 2.08 bits per heavy atom. The molecule has 0 saturated heterocycles. The standard InChI is InChI=1S/C19H11Cl3O2P/c20-15-11-10-14(17(21)18(15)22)19(23)13-8-4-5-9-16(13)25(24)12-6-2-1-3-7-12/h1-11H/q+1. The number of benzene rings is 3. The molecule has 3 aromatic carbocycles. The summed E-state index contributed by atoms with van der Waals surface area (Å²) in [7, 11) is -1.91. The van der Waals surface area contributed by atoms with Gasteiger partial charge in [0.1, 0.15) is 0 Å². The molecule has 0 radical (unpaired) electrons. The lowest BCUT2D eigenvalue weighted by molar-refractivity contribution is 0.104. The van der Waals surface area contributed by atoms with Crippen molar-refractivity contribution in [2.45, 2.75) is 0 Å².